The van der Waals surface area contributed by atoms with Crippen LogP contribution >= 0.6 is 0 Å². The molecule has 0 fully saturated rings. The first kappa shape index (κ1) is 12.9. The summed E-state index contributed by atoms with van der Waals surface area (Å²) >= 11 is 0. The summed E-state index contributed by atoms with van der Waals surface area (Å²) in [4.78, 5) is 15.8. The number of aromatic nitrogens is 3. The highest BCUT2D eigenvalue weighted by Gasteiger charge is 2.13. The molecule has 0 saturated heterocycles. The topological polar surface area (TPSA) is 80.9 Å². The van der Waals surface area contributed by atoms with Crippen LogP contribution in [0, 0.1) is 5.82 Å². The van der Waals surface area contributed by atoms with Crippen molar-refractivity contribution in [2.75, 3.05) is 5.32 Å². The monoisotopic (exact) mass is 284 g/mol. The molecule has 7 heteroatoms. The third-order valence-corrected chi connectivity index (χ3v) is 2.66. The van der Waals surface area contributed by atoms with Crippen LogP contribution in [0.25, 0.3) is 11.5 Å². The maximum absolute atomic E-state index is 13.1. The third-order valence-electron chi connectivity index (χ3n) is 2.66. The quantitative estimate of drug-likeness (QED) is 0.799. The van der Waals surface area contributed by atoms with Crippen LogP contribution in [-0.4, -0.2) is 21.1 Å². The van der Waals surface area contributed by atoms with E-state index in [9.17, 15) is 9.18 Å². The lowest BCUT2D eigenvalue weighted by Gasteiger charge is -2.00. The van der Waals surface area contributed by atoms with Crippen molar-refractivity contribution in [3.05, 3.63) is 60.2 Å². The van der Waals surface area contributed by atoms with Gasteiger partial charge in [0.2, 0.25) is 5.89 Å². The van der Waals surface area contributed by atoms with Crippen molar-refractivity contribution in [2.45, 2.75) is 0 Å². The molecule has 0 radical (unpaired) electrons. The van der Waals surface area contributed by atoms with Crippen LogP contribution in [0.1, 0.15) is 10.4 Å². The zero-order valence-electron chi connectivity index (χ0n) is 10.7. The molecule has 104 valence electrons. The first-order valence-corrected chi connectivity index (χ1v) is 6.03. The van der Waals surface area contributed by atoms with Gasteiger partial charge >= 0.3 is 6.01 Å². The Hall–Kier alpha value is -3.09. The summed E-state index contributed by atoms with van der Waals surface area (Å²) in [5.41, 5.74) is 0.849. The van der Waals surface area contributed by atoms with Gasteiger partial charge in [0.15, 0.2) is 0 Å². The van der Waals surface area contributed by atoms with E-state index < -0.39 is 11.7 Å². The van der Waals surface area contributed by atoms with Gasteiger partial charge in [-0.15, -0.1) is 5.10 Å². The van der Waals surface area contributed by atoms with Gasteiger partial charge in [0.25, 0.3) is 5.91 Å². The Bertz CT molecular complexity index is 773. The molecule has 6 nitrogen and oxygen atoms in total. The molecular weight excluding hydrogens is 275 g/mol. The van der Waals surface area contributed by atoms with Gasteiger partial charge in [0, 0.05) is 23.5 Å². The zero-order valence-corrected chi connectivity index (χ0v) is 10.7. The van der Waals surface area contributed by atoms with E-state index in [2.05, 4.69) is 20.5 Å². The molecular formula is C14H9FN4O2. The molecule has 0 aliphatic carbocycles. The second-order valence-corrected chi connectivity index (χ2v) is 4.11. The molecule has 3 aromatic rings. The third kappa shape index (κ3) is 2.92. The van der Waals surface area contributed by atoms with Crippen molar-refractivity contribution >= 4 is 11.9 Å². The Labute approximate surface area is 118 Å². The van der Waals surface area contributed by atoms with Crippen LogP contribution in [0.2, 0.25) is 0 Å². The molecule has 2 heterocycles. The highest BCUT2D eigenvalue weighted by Crippen LogP contribution is 2.19. The van der Waals surface area contributed by atoms with E-state index in [-0.39, 0.29) is 17.5 Å². The van der Waals surface area contributed by atoms with Gasteiger partial charge in [0.1, 0.15) is 5.82 Å². The van der Waals surface area contributed by atoms with Gasteiger partial charge in [-0.3, -0.25) is 15.1 Å². The zero-order chi connectivity index (χ0) is 14.7. The Balaban J connectivity index is 1.77. The lowest BCUT2D eigenvalue weighted by atomic mass is 10.2. The number of hydrogen-bond donors (Lipinski definition) is 1. The number of anilines is 1. The minimum Gasteiger partial charge on any atom is -0.403 e. The van der Waals surface area contributed by atoms with E-state index in [0.717, 1.165) is 6.07 Å². The molecule has 0 aliphatic heterocycles. The number of pyridine rings is 1. The molecule has 1 amide bonds. The van der Waals surface area contributed by atoms with Crippen molar-refractivity contribution in [3.8, 4) is 11.5 Å². The second-order valence-electron chi connectivity index (χ2n) is 4.11. The summed E-state index contributed by atoms with van der Waals surface area (Å²) in [6, 6.07) is 8.65. The number of halogens is 1. The molecule has 0 spiro atoms. The summed E-state index contributed by atoms with van der Waals surface area (Å²) in [7, 11) is 0. The number of nitrogens with one attached hydrogen (secondary N) is 1. The van der Waals surface area contributed by atoms with E-state index in [1.54, 1.807) is 24.5 Å². The Morgan fingerprint density at radius 2 is 1.95 bits per heavy atom. The lowest BCUT2D eigenvalue weighted by Crippen LogP contribution is -2.12. The van der Waals surface area contributed by atoms with Crippen molar-refractivity contribution in [2.24, 2.45) is 0 Å². The molecule has 3 rings (SSSR count). The van der Waals surface area contributed by atoms with Crippen LogP contribution in [0.5, 0.6) is 0 Å². The fourth-order valence-electron chi connectivity index (χ4n) is 1.68. The minimum absolute atomic E-state index is 0.0592. The normalized spacial score (nSPS) is 10.3. The highest BCUT2D eigenvalue weighted by atomic mass is 19.1. The van der Waals surface area contributed by atoms with Crippen molar-refractivity contribution in [1.82, 2.24) is 15.2 Å². The number of nitrogens with zero attached hydrogens (tertiary/aromatic N) is 3. The van der Waals surface area contributed by atoms with Crippen LogP contribution in [0.15, 0.2) is 53.2 Å². The molecule has 21 heavy (non-hydrogen) atoms. The molecule has 2 aromatic heterocycles. The Kier molecular flexibility index (Phi) is 3.38. The maximum Gasteiger partial charge on any atom is 0.322 e. The highest BCUT2D eigenvalue weighted by molar-refractivity contribution is 6.03. The van der Waals surface area contributed by atoms with E-state index in [4.69, 9.17) is 4.42 Å². The molecule has 0 atom stereocenters. The van der Waals surface area contributed by atoms with E-state index in [1.165, 1.54) is 18.2 Å². The number of carbonyl (C=O) groups is 1. The van der Waals surface area contributed by atoms with Crippen LogP contribution < -0.4 is 5.32 Å². The van der Waals surface area contributed by atoms with Crippen LogP contribution in [0.3, 0.4) is 0 Å². The maximum atomic E-state index is 13.1. The number of benzene rings is 1. The fourth-order valence-corrected chi connectivity index (χ4v) is 1.68. The van der Waals surface area contributed by atoms with Gasteiger partial charge in [-0.25, -0.2) is 4.39 Å². The average Bonchev–Trinajstić information content (AvgIpc) is 2.97. The number of rotatable bonds is 3. The summed E-state index contributed by atoms with van der Waals surface area (Å²) in [6.07, 6.45) is 3.18. The first-order valence-electron chi connectivity index (χ1n) is 6.03. The molecule has 1 aromatic carbocycles. The fraction of sp³-hybridized carbons (Fsp3) is 0. The average molecular weight is 284 g/mol. The molecule has 0 saturated carbocycles. The number of hydrogen-bond acceptors (Lipinski definition) is 5. The van der Waals surface area contributed by atoms with Gasteiger partial charge in [-0.05, 0) is 30.3 Å². The van der Waals surface area contributed by atoms with Crippen molar-refractivity contribution in [3.63, 3.8) is 0 Å². The van der Waals surface area contributed by atoms with Gasteiger partial charge in [0.05, 0.1) is 0 Å². The first-order chi connectivity index (χ1) is 10.2. The van der Waals surface area contributed by atoms with E-state index in [0.29, 0.717) is 5.56 Å². The predicted molar refractivity (Wildman–Crippen MR) is 71.9 cm³/mol. The van der Waals surface area contributed by atoms with Crippen LogP contribution in [0.4, 0.5) is 10.4 Å². The Morgan fingerprint density at radius 1 is 1.14 bits per heavy atom. The van der Waals surface area contributed by atoms with Gasteiger partial charge in [-0.1, -0.05) is 11.2 Å². The van der Waals surface area contributed by atoms with E-state index >= 15 is 0 Å². The SMILES string of the molecule is O=C(Nc1nnc(-c2ccncc2)o1)c1cccc(F)c1. The van der Waals surface area contributed by atoms with E-state index in [1.807, 2.05) is 0 Å². The minimum atomic E-state index is -0.528. The largest absolute Gasteiger partial charge is 0.403 e. The molecule has 1 N–H and O–H groups in total. The van der Waals surface area contributed by atoms with Gasteiger partial charge < -0.3 is 4.42 Å². The lowest BCUT2D eigenvalue weighted by molar-refractivity contribution is 0.102. The van der Waals surface area contributed by atoms with Crippen molar-refractivity contribution in [1.29, 1.82) is 0 Å². The summed E-state index contributed by atoms with van der Waals surface area (Å²) in [5.74, 6) is -0.767. The van der Waals surface area contributed by atoms with Gasteiger partial charge in [-0.2, -0.15) is 0 Å². The number of amides is 1. The molecule has 0 bridgehead atoms. The second kappa shape index (κ2) is 5.49. The predicted octanol–water partition coefficient (Wildman–Crippen LogP) is 2.52. The summed E-state index contributed by atoms with van der Waals surface area (Å²) < 4.78 is 18.4. The number of carbonyl (C=O) groups excluding carboxylic acids is 1. The summed E-state index contributed by atoms with van der Waals surface area (Å²) in [6.45, 7) is 0. The van der Waals surface area contributed by atoms with Crippen LogP contribution in [-0.2, 0) is 0 Å². The Morgan fingerprint density at radius 3 is 2.71 bits per heavy atom. The summed E-state index contributed by atoms with van der Waals surface area (Å²) in [5, 5.41) is 9.95. The smallest absolute Gasteiger partial charge is 0.322 e. The molecule has 0 aliphatic rings. The van der Waals surface area contributed by atoms with Crippen molar-refractivity contribution < 1.29 is 13.6 Å². The molecule has 0 unspecified atom stereocenters. The standard InChI is InChI=1S/C14H9FN4O2/c15-11-3-1-2-10(8-11)12(20)17-14-19-18-13(21-14)9-4-6-16-7-5-9/h1-8H,(H,17,19,20).